The fourth-order valence-electron chi connectivity index (χ4n) is 4.26. The van der Waals surface area contributed by atoms with Crippen molar-refractivity contribution in [3.05, 3.63) is 83.3 Å². The Kier molecular flexibility index (Phi) is 8.57. The minimum Gasteiger partial charge on any atom is -0.534 e. The van der Waals surface area contributed by atoms with Gasteiger partial charge >= 0.3 is 14.4 Å². The lowest BCUT2D eigenvalue weighted by atomic mass is 10.2. The van der Waals surface area contributed by atoms with Crippen LogP contribution in [0.5, 0.6) is 5.75 Å². The molecule has 7 heteroatoms. The van der Waals surface area contributed by atoms with Crippen molar-refractivity contribution in [1.29, 1.82) is 0 Å². The van der Waals surface area contributed by atoms with Gasteiger partial charge in [-0.25, -0.2) is 4.79 Å². The number of alkyl carbamates (subject to hydrolysis) is 1. The fourth-order valence-corrected chi connectivity index (χ4v) is 9.03. The number of halogens is 1. The predicted molar refractivity (Wildman–Crippen MR) is 155 cm³/mol. The summed E-state index contributed by atoms with van der Waals surface area (Å²) in [7, 11) is -2.76. The van der Waals surface area contributed by atoms with E-state index >= 15 is 0 Å². The number of nitrogens with one attached hydrogen (secondary N) is 2. The van der Waals surface area contributed by atoms with Crippen molar-refractivity contribution in [2.45, 2.75) is 65.3 Å². The molecule has 0 aromatic heterocycles. The molecule has 0 heterocycles. The van der Waals surface area contributed by atoms with Gasteiger partial charge in [-0.15, -0.1) is 0 Å². The van der Waals surface area contributed by atoms with E-state index in [0.29, 0.717) is 0 Å². The highest BCUT2D eigenvalue weighted by molar-refractivity contribution is 9.10. The van der Waals surface area contributed by atoms with Gasteiger partial charge in [0, 0.05) is 10.5 Å². The van der Waals surface area contributed by atoms with Crippen LogP contribution in [0, 0.1) is 0 Å². The van der Waals surface area contributed by atoms with Crippen LogP contribution in [0.2, 0.25) is 5.04 Å². The van der Waals surface area contributed by atoms with Crippen LogP contribution >= 0.6 is 15.9 Å². The van der Waals surface area contributed by atoms with Gasteiger partial charge < -0.3 is 19.8 Å². The SMILES string of the molecule is CC(NC(=O)OC(C)(C)C)Nc1cc(O[Si](c2ccccc2)(c2ccccc2)C(C)(C)C)ccc1Br. The third kappa shape index (κ3) is 6.71. The topological polar surface area (TPSA) is 59.6 Å². The van der Waals surface area contributed by atoms with Crippen molar-refractivity contribution in [3.8, 4) is 5.75 Å². The van der Waals surface area contributed by atoms with Gasteiger partial charge in [-0.05, 0) is 71.2 Å². The Bertz CT molecular complexity index is 1120. The largest absolute Gasteiger partial charge is 0.534 e. The number of carbonyl (C=O) groups excluding carboxylic acids is 1. The summed E-state index contributed by atoms with van der Waals surface area (Å²) in [6, 6.07) is 27.0. The molecule has 0 aliphatic heterocycles. The van der Waals surface area contributed by atoms with Gasteiger partial charge in [-0.2, -0.15) is 0 Å². The highest BCUT2D eigenvalue weighted by Crippen LogP contribution is 2.39. The molecule has 36 heavy (non-hydrogen) atoms. The van der Waals surface area contributed by atoms with Crippen molar-refractivity contribution >= 4 is 46.4 Å². The molecule has 1 unspecified atom stereocenters. The number of carbonyl (C=O) groups is 1. The molecule has 5 nitrogen and oxygen atoms in total. The monoisotopic (exact) mass is 568 g/mol. The van der Waals surface area contributed by atoms with E-state index in [0.717, 1.165) is 15.9 Å². The Morgan fingerprint density at radius 1 is 0.861 bits per heavy atom. The van der Waals surface area contributed by atoms with Crippen LogP contribution in [-0.2, 0) is 4.74 Å². The predicted octanol–water partition coefficient (Wildman–Crippen LogP) is 6.67. The maximum Gasteiger partial charge on any atom is 0.409 e. The second-order valence-corrected chi connectivity index (χ2v) is 16.0. The minimum absolute atomic E-state index is 0.151. The summed E-state index contributed by atoms with van der Waals surface area (Å²) in [4.78, 5) is 12.2. The van der Waals surface area contributed by atoms with Crippen molar-refractivity contribution < 1.29 is 14.0 Å². The lowest BCUT2D eigenvalue weighted by Crippen LogP contribution is -2.68. The van der Waals surface area contributed by atoms with Gasteiger partial charge in [0.05, 0.1) is 11.9 Å². The third-order valence-electron chi connectivity index (χ3n) is 5.73. The second-order valence-electron chi connectivity index (χ2n) is 10.9. The zero-order valence-corrected chi connectivity index (χ0v) is 24.8. The molecule has 0 spiro atoms. The number of hydrogen-bond acceptors (Lipinski definition) is 4. The highest BCUT2D eigenvalue weighted by atomic mass is 79.9. The maximum atomic E-state index is 12.2. The molecule has 3 aromatic rings. The van der Waals surface area contributed by atoms with Crippen LogP contribution in [-0.4, -0.2) is 26.2 Å². The number of benzene rings is 3. The molecule has 0 aliphatic carbocycles. The van der Waals surface area contributed by atoms with Gasteiger partial charge in [-0.3, -0.25) is 0 Å². The van der Waals surface area contributed by atoms with Crippen molar-refractivity contribution in [3.63, 3.8) is 0 Å². The average molecular weight is 570 g/mol. The Balaban J connectivity index is 1.97. The van der Waals surface area contributed by atoms with E-state index in [1.54, 1.807) is 0 Å². The first-order valence-corrected chi connectivity index (χ1v) is 14.9. The van der Waals surface area contributed by atoms with Crippen LogP contribution in [0.4, 0.5) is 10.5 Å². The van der Waals surface area contributed by atoms with Crippen molar-refractivity contribution in [2.75, 3.05) is 5.32 Å². The van der Waals surface area contributed by atoms with E-state index in [1.165, 1.54) is 10.4 Å². The van der Waals surface area contributed by atoms with Crippen molar-refractivity contribution in [1.82, 2.24) is 5.32 Å². The Labute approximate surface area is 224 Å². The van der Waals surface area contributed by atoms with Crippen LogP contribution in [0.15, 0.2) is 83.3 Å². The van der Waals surface area contributed by atoms with E-state index in [2.05, 4.69) is 95.9 Å². The Hall–Kier alpha value is -2.77. The van der Waals surface area contributed by atoms with Crippen LogP contribution in [0.1, 0.15) is 48.5 Å². The summed E-state index contributed by atoms with van der Waals surface area (Å²) in [6.45, 7) is 14.1. The first-order valence-electron chi connectivity index (χ1n) is 12.2. The quantitative estimate of drug-likeness (QED) is 0.247. The van der Waals surface area contributed by atoms with E-state index in [9.17, 15) is 4.79 Å². The van der Waals surface area contributed by atoms with Gasteiger partial charge in [0.2, 0.25) is 0 Å². The average Bonchev–Trinajstić information content (AvgIpc) is 2.78. The molecule has 0 saturated carbocycles. The van der Waals surface area contributed by atoms with Crippen LogP contribution in [0.25, 0.3) is 0 Å². The first-order chi connectivity index (χ1) is 16.8. The molecule has 3 aromatic carbocycles. The molecule has 1 amide bonds. The lowest BCUT2D eigenvalue weighted by molar-refractivity contribution is 0.0514. The summed E-state index contributed by atoms with van der Waals surface area (Å²) in [5.41, 5.74) is 0.252. The molecular formula is C29H37BrN2O3Si. The van der Waals surface area contributed by atoms with E-state index in [4.69, 9.17) is 9.16 Å². The molecule has 192 valence electrons. The van der Waals surface area contributed by atoms with E-state index < -0.39 is 20.0 Å². The van der Waals surface area contributed by atoms with E-state index in [1.807, 2.05) is 58.0 Å². The molecule has 0 bridgehead atoms. The summed E-state index contributed by atoms with van der Waals surface area (Å²) >= 11 is 3.63. The summed E-state index contributed by atoms with van der Waals surface area (Å²) in [5.74, 6) is 0.763. The zero-order valence-electron chi connectivity index (χ0n) is 22.2. The number of anilines is 1. The molecular weight excluding hydrogens is 532 g/mol. The van der Waals surface area contributed by atoms with Crippen LogP contribution in [0.3, 0.4) is 0 Å². The molecule has 0 aliphatic rings. The minimum atomic E-state index is -2.76. The van der Waals surface area contributed by atoms with Crippen LogP contribution < -0.4 is 25.4 Å². The van der Waals surface area contributed by atoms with Gasteiger partial charge in [0.15, 0.2) is 0 Å². The molecule has 2 N–H and O–H groups in total. The molecule has 0 radical (unpaired) electrons. The van der Waals surface area contributed by atoms with E-state index in [-0.39, 0.29) is 11.2 Å². The summed E-state index contributed by atoms with van der Waals surface area (Å²) in [6.07, 6.45) is -0.836. The standard InChI is InChI=1S/C29H37BrN2O3Si/c1-21(32-27(33)34-28(2,3)4)31-26-20-22(18-19-25(26)30)35-36(29(5,6)7,23-14-10-8-11-15-23)24-16-12-9-13-17-24/h8-21,31H,1-7H3,(H,32,33). The van der Waals surface area contributed by atoms with Gasteiger partial charge in [0.1, 0.15) is 11.4 Å². The molecule has 1 atom stereocenters. The molecule has 0 saturated heterocycles. The summed E-state index contributed by atoms with van der Waals surface area (Å²) in [5, 5.41) is 8.45. The van der Waals surface area contributed by atoms with Crippen molar-refractivity contribution in [2.24, 2.45) is 0 Å². The fraction of sp³-hybridized carbons (Fsp3) is 0.345. The molecule has 0 fully saturated rings. The second kappa shape index (κ2) is 11.1. The number of ether oxygens (including phenoxy) is 1. The maximum absolute atomic E-state index is 12.2. The smallest absolute Gasteiger partial charge is 0.409 e. The number of rotatable bonds is 7. The van der Waals surface area contributed by atoms with Gasteiger partial charge in [-0.1, -0.05) is 81.4 Å². The number of hydrogen-bond donors (Lipinski definition) is 2. The third-order valence-corrected chi connectivity index (χ3v) is 11.4. The molecule has 3 rings (SSSR count). The summed E-state index contributed by atoms with van der Waals surface area (Å²) < 4.78 is 13.4. The Morgan fingerprint density at radius 2 is 1.39 bits per heavy atom. The lowest BCUT2D eigenvalue weighted by Gasteiger charge is -2.43. The Morgan fingerprint density at radius 3 is 1.86 bits per heavy atom. The van der Waals surface area contributed by atoms with Gasteiger partial charge in [0.25, 0.3) is 0 Å². The normalized spacial score (nSPS) is 13.0. The first kappa shape index (κ1) is 27.8. The highest BCUT2D eigenvalue weighted by Gasteiger charge is 2.52. The number of amides is 1. The zero-order chi connectivity index (χ0) is 26.6.